The summed E-state index contributed by atoms with van der Waals surface area (Å²) in [5.41, 5.74) is 12.2. The molecule has 1 aliphatic heterocycles. The number of hydrogen-bond donors (Lipinski definition) is 6. The van der Waals surface area contributed by atoms with Crippen molar-refractivity contribution in [1.82, 2.24) is 29.2 Å². The number of carbonyl (C=O) groups excluding carboxylic acids is 1. The molecular weight excluding hydrogens is 488 g/mol. The van der Waals surface area contributed by atoms with Gasteiger partial charge in [-0.15, -0.1) is 0 Å². The summed E-state index contributed by atoms with van der Waals surface area (Å²) in [5.74, 6) is -0.894. The number of aliphatic hydroxyl groups excluding tert-OH is 3. The molecule has 1 fully saturated rings. The lowest BCUT2D eigenvalue weighted by Crippen LogP contribution is -2.46. The average Bonchev–Trinajstić information content (AvgIpc) is 3.38. The van der Waals surface area contributed by atoms with E-state index in [-0.39, 0.29) is 22.8 Å². The Bertz CT molecular complexity index is 1320. The third-order valence-electron chi connectivity index (χ3n) is 5.13. The summed E-state index contributed by atoms with van der Waals surface area (Å²) in [6, 6.07) is 1.93. The second-order valence-corrected chi connectivity index (χ2v) is 8.89. The van der Waals surface area contributed by atoms with Crippen LogP contribution in [-0.4, -0.2) is 91.7 Å². The number of imidazole rings is 1. The van der Waals surface area contributed by atoms with E-state index in [4.69, 9.17) is 21.3 Å². The van der Waals surface area contributed by atoms with Crippen LogP contribution in [-0.2, 0) is 24.0 Å². The summed E-state index contributed by atoms with van der Waals surface area (Å²) in [4.78, 5) is 28.4. The molecule has 1 saturated heterocycles. The number of pyridine rings is 1. The Morgan fingerprint density at radius 2 is 2.09 bits per heavy atom. The van der Waals surface area contributed by atoms with Crippen LogP contribution in [0.1, 0.15) is 6.23 Å². The molecule has 0 spiro atoms. The van der Waals surface area contributed by atoms with Gasteiger partial charge in [-0.2, -0.15) is 8.42 Å². The van der Waals surface area contributed by atoms with Crippen LogP contribution in [0.3, 0.4) is 0 Å². The first-order valence-electron chi connectivity index (χ1n) is 10.1. The Hall–Kier alpha value is -3.32. The van der Waals surface area contributed by atoms with Crippen molar-refractivity contribution in [3.8, 4) is 11.4 Å². The minimum absolute atomic E-state index is 0.0587. The summed E-state index contributed by atoms with van der Waals surface area (Å²) in [7, 11) is -4.64. The van der Waals surface area contributed by atoms with Crippen molar-refractivity contribution in [3.63, 3.8) is 0 Å². The van der Waals surface area contributed by atoms with Crippen LogP contribution in [0.15, 0.2) is 30.9 Å². The number of nitrogen functional groups attached to an aromatic ring is 1. The lowest BCUT2D eigenvalue weighted by Gasteiger charge is -2.17. The van der Waals surface area contributed by atoms with Crippen LogP contribution in [0.25, 0.3) is 22.6 Å². The fourth-order valence-corrected chi connectivity index (χ4v) is 4.08. The summed E-state index contributed by atoms with van der Waals surface area (Å²) >= 11 is 0. The zero-order valence-corrected chi connectivity index (χ0v) is 18.7. The number of carbonyl (C=O) groups is 1. The van der Waals surface area contributed by atoms with Crippen molar-refractivity contribution in [1.29, 1.82) is 0 Å². The van der Waals surface area contributed by atoms with Crippen molar-refractivity contribution in [3.05, 3.63) is 30.9 Å². The molecule has 4 rings (SSSR count). The molecule has 0 aromatic carbocycles. The normalized spacial score (nSPS) is 23.4. The molecule has 0 radical (unpaired) electrons. The van der Waals surface area contributed by atoms with Crippen LogP contribution >= 0.6 is 0 Å². The molecule has 3 aromatic rings. The average molecular weight is 510 g/mol. The van der Waals surface area contributed by atoms with Gasteiger partial charge >= 0.3 is 10.3 Å². The minimum Gasteiger partial charge on any atom is -0.394 e. The largest absolute Gasteiger partial charge is 0.394 e. The Morgan fingerprint density at radius 1 is 1.31 bits per heavy atom. The van der Waals surface area contributed by atoms with E-state index in [1.54, 1.807) is 18.3 Å². The maximum absolute atomic E-state index is 12.0. The molecule has 0 saturated carbocycles. The van der Waals surface area contributed by atoms with Crippen LogP contribution in [0.4, 0.5) is 5.82 Å². The molecule has 188 valence electrons. The van der Waals surface area contributed by atoms with Crippen LogP contribution in [0, 0.1) is 0 Å². The van der Waals surface area contributed by atoms with Crippen LogP contribution in [0.5, 0.6) is 0 Å². The third kappa shape index (κ3) is 5.05. The third-order valence-corrected chi connectivity index (χ3v) is 6.02. The molecule has 35 heavy (non-hydrogen) atoms. The monoisotopic (exact) mass is 510 g/mol. The maximum atomic E-state index is 12.0. The highest BCUT2D eigenvalue weighted by molar-refractivity contribution is 7.85. The first kappa shape index (κ1) is 24.8. The van der Waals surface area contributed by atoms with Gasteiger partial charge in [-0.1, -0.05) is 0 Å². The first-order valence-corrected chi connectivity index (χ1v) is 11.5. The zero-order chi connectivity index (χ0) is 25.3. The number of fused-ring (bicyclic) bond motifs is 1. The highest BCUT2D eigenvalue weighted by atomic mass is 32.2. The van der Waals surface area contributed by atoms with E-state index in [0.29, 0.717) is 5.56 Å². The fraction of sp³-hybridized carbons (Fsp3) is 0.389. The highest BCUT2D eigenvalue weighted by Gasteiger charge is 2.45. The fourth-order valence-electron chi connectivity index (χ4n) is 3.31. The van der Waals surface area contributed by atoms with E-state index in [1.165, 1.54) is 21.8 Å². The SMILES string of the molecule is Nc1nc(-c2cccnc2)nc2c1ncn2[C@@H]1O[C@H](COS(=O)(=O)NC(=O)[C@@H](N)CO)[C@@H](O)[C@H]1O. The van der Waals surface area contributed by atoms with Crippen molar-refractivity contribution in [2.24, 2.45) is 5.73 Å². The number of amides is 1. The second-order valence-electron chi connectivity index (χ2n) is 7.54. The number of ether oxygens (including phenoxy) is 1. The second kappa shape index (κ2) is 9.74. The van der Waals surface area contributed by atoms with Gasteiger partial charge < -0.3 is 31.5 Å². The summed E-state index contributed by atoms with van der Waals surface area (Å²) in [5, 5.41) is 29.8. The van der Waals surface area contributed by atoms with Crippen molar-refractivity contribution < 1.29 is 37.5 Å². The molecule has 8 N–H and O–H groups in total. The Labute approximate surface area is 197 Å². The van der Waals surface area contributed by atoms with Crippen molar-refractivity contribution in [2.45, 2.75) is 30.6 Å². The predicted octanol–water partition coefficient (Wildman–Crippen LogP) is -3.21. The van der Waals surface area contributed by atoms with E-state index in [0.717, 1.165) is 0 Å². The lowest BCUT2D eigenvalue weighted by atomic mass is 10.1. The first-order chi connectivity index (χ1) is 16.6. The van der Waals surface area contributed by atoms with Gasteiger partial charge in [0.2, 0.25) is 0 Å². The summed E-state index contributed by atoms with van der Waals surface area (Å²) < 4.78 is 37.1. The standard InChI is InChI=1S/C18H22N8O8S/c19-9(5-27)17(30)25-35(31,32)33-6-10-12(28)13(29)18(34-10)26-7-22-11-14(20)23-15(24-16(11)26)8-2-1-3-21-4-8/h1-4,7,9-10,12-13,18,27-29H,5-6,19H2,(H,25,30)(H2,20,23,24)/t9-,10+,12+,13+,18+/m0/s1. The van der Waals surface area contributed by atoms with Crippen LogP contribution in [0.2, 0.25) is 0 Å². The number of rotatable bonds is 8. The van der Waals surface area contributed by atoms with Gasteiger partial charge in [0.05, 0.1) is 19.5 Å². The van der Waals surface area contributed by atoms with Gasteiger partial charge in [0.15, 0.2) is 23.5 Å². The van der Waals surface area contributed by atoms with E-state index >= 15 is 0 Å². The molecule has 1 aliphatic rings. The molecule has 5 atom stereocenters. The molecule has 1 amide bonds. The van der Waals surface area contributed by atoms with Crippen molar-refractivity contribution in [2.75, 3.05) is 18.9 Å². The van der Waals surface area contributed by atoms with Gasteiger partial charge in [-0.3, -0.25) is 18.5 Å². The van der Waals surface area contributed by atoms with Gasteiger partial charge in [-0.25, -0.2) is 19.7 Å². The number of anilines is 1. The Balaban J connectivity index is 1.54. The Morgan fingerprint density at radius 3 is 2.77 bits per heavy atom. The molecule has 0 aliphatic carbocycles. The van der Waals surface area contributed by atoms with Crippen molar-refractivity contribution >= 4 is 33.2 Å². The molecule has 4 heterocycles. The minimum atomic E-state index is -4.64. The summed E-state index contributed by atoms with van der Waals surface area (Å²) in [6.45, 7) is -1.54. The number of nitrogens with two attached hydrogens (primary N) is 2. The quantitative estimate of drug-likeness (QED) is 0.174. The lowest BCUT2D eigenvalue weighted by molar-refractivity contribution is -0.121. The molecule has 16 nitrogen and oxygen atoms in total. The molecule has 0 bridgehead atoms. The van der Waals surface area contributed by atoms with Gasteiger partial charge in [0.1, 0.15) is 29.9 Å². The number of hydrogen-bond acceptors (Lipinski definition) is 14. The topological polar surface area (TPSA) is 251 Å². The van der Waals surface area contributed by atoms with Gasteiger partial charge in [-0.05, 0) is 12.1 Å². The highest BCUT2D eigenvalue weighted by Crippen LogP contribution is 2.33. The smallest absolute Gasteiger partial charge is 0.362 e. The number of aliphatic hydroxyl groups is 3. The molecule has 17 heteroatoms. The van der Waals surface area contributed by atoms with E-state index in [9.17, 15) is 23.4 Å². The van der Waals surface area contributed by atoms with E-state index < -0.39 is 60.0 Å². The van der Waals surface area contributed by atoms with Gasteiger partial charge in [0, 0.05) is 18.0 Å². The zero-order valence-electron chi connectivity index (χ0n) is 17.9. The van der Waals surface area contributed by atoms with Crippen LogP contribution < -0.4 is 16.2 Å². The predicted molar refractivity (Wildman–Crippen MR) is 117 cm³/mol. The van der Waals surface area contributed by atoms with E-state index in [1.807, 2.05) is 0 Å². The van der Waals surface area contributed by atoms with E-state index in [2.05, 4.69) is 24.1 Å². The number of aromatic nitrogens is 5. The Kier molecular flexibility index (Phi) is 6.90. The number of nitrogens with zero attached hydrogens (tertiary/aromatic N) is 5. The molecule has 0 unspecified atom stereocenters. The maximum Gasteiger partial charge on any atom is 0.362 e. The number of nitrogens with one attached hydrogen (secondary N) is 1. The molecule has 3 aromatic heterocycles. The van der Waals surface area contributed by atoms with Gasteiger partial charge in [0.25, 0.3) is 5.91 Å². The molecular formula is C18H22N8O8S. The summed E-state index contributed by atoms with van der Waals surface area (Å²) in [6.07, 6.45) is -1.26.